The lowest BCUT2D eigenvalue weighted by molar-refractivity contribution is -0.203. The van der Waals surface area contributed by atoms with E-state index in [1.165, 1.54) is 0 Å². The summed E-state index contributed by atoms with van der Waals surface area (Å²) in [5.41, 5.74) is -0.178. The van der Waals surface area contributed by atoms with Gasteiger partial charge in [0.2, 0.25) is 0 Å². The summed E-state index contributed by atoms with van der Waals surface area (Å²) in [7, 11) is 36.8. The van der Waals surface area contributed by atoms with Crippen LogP contribution in [0.1, 0.15) is 72.1 Å². The van der Waals surface area contributed by atoms with Gasteiger partial charge in [-0.15, -0.1) is 5.11 Å². The van der Waals surface area contributed by atoms with Crippen LogP contribution in [0.25, 0.3) is 0 Å². The van der Waals surface area contributed by atoms with Crippen LogP contribution in [-0.2, 0) is 4.79 Å². The van der Waals surface area contributed by atoms with E-state index in [-0.39, 0.29) is 46.8 Å². The van der Waals surface area contributed by atoms with Crippen molar-refractivity contribution in [2.24, 2.45) is 52.3 Å². The van der Waals surface area contributed by atoms with Gasteiger partial charge in [-0.25, -0.2) is 0 Å². The molecule has 0 aromatic rings. The highest BCUT2D eigenvalue weighted by Crippen LogP contribution is 2.71. The van der Waals surface area contributed by atoms with Crippen LogP contribution in [-0.4, -0.2) is 80.6 Å². The predicted octanol–water partition coefficient (Wildman–Crippen LogP) is 2.30. The molecule has 0 spiro atoms. The van der Waals surface area contributed by atoms with E-state index in [4.69, 9.17) is 47.1 Å². The summed E-state index contributed by atoms with van der Waals surface area (Å²) in [6.45, 7) is 6.67. The summed E-state index contributed by atoms with van der Waals surface area (Å²) >= 11 is 0. The molecule has 0 heterocycles. The van der Waals surface area contributed by atoms with Crippen molar-refractivity contribution in [2.45, 2.75) is 100 Å². The third-order valence-corrected chi connectivity index (χ3v) is 11.6. The fourth-order valence-corrected chi connectivity index (χ4v) is 9.87. The van der Waals surface area contributed by atoms with E-state index in [0.717, 1.165) is 38.5 Å². The molecule has 4 saturated carbocycles. The first-order valence-corrected chi connectivity index (χ1v) is 13.7. The molecule has 4 nitrogen and oxygen atoms in total. The number of aliphatic hydroxyl groups excluding tert-OH is 2. The Bertz CT molecular complexity index is 851. The van der Waals surface area contributed by atoms with Gasteiger partial charge in [-0.2, -0.15) is 0 Å². The maximum atomic E-state index is 12.0. The van der Waals surface area contributed by atoms with Gasteiger partial charge < -0.3 is 15.3 Å². The molecule has 4 fully saturated rings. The van der Waals surface area contributed by atoms with Gasteiger partial charge in [-0.3, -0.25) is 4.79 Å². The topological polar surface area (TPSA) is 77.8 Å². The predicted molar refractivity (Wildman–Crippen MR) is 147 cm³/mol. The molecule has 4 aliphatic carbocycles. The molecule has 4 rings (SSSR count). The third-order valence-electron chi connectivity index (χ3n) is 11.6. The quantitative estimate of drug-likeness (QED) is 0.511. The largest absolute Gasteiger partial charge is 0.482 e. The van der Waals surface area contributed by atoms with Gasteiger partial charge in [0.1, 0.15) is 0 Å². The van der Waals surface area contributed by atoms with E-state index in [2.05, 4.69) is 20.8 Å². The molecule has 0 saturated heterocycles. The number of hydrogen-bond donors (Lipinski definition) is 3. The molecule has 0 aromatic carbocycles. The molecule has 0 bridgehead atoms. The van der Waals surface area contributed by atoms with E-state index < -0.39 is 40.2 Å². The Balaban J connectivity index is 1.69. The normalized spacial score (nSPS) is 46.7. The van der Waals surface area contributed by atoms with Crippen LogP contribution >= 0.6 is 0 Å². The van der Waals surface area contributed by atoms with Crippen LogP contribution in [0.15, 0.2) is 0 Å². The maximum Gasteiger partial charge on any atom is 0.292 e. The minimum Gasteiger partial charge on any atom is -0.482 e. The molecule has 10 heteroatoms. The van der Waals surface area contributed by atoms with Crippen molar-refractivity contribution >= 4 is 53.0 Å². The van der Waals surface area contributed by atoms with Gasteiger partial charge in [-0.1, -0.05) is 33.0 Å². The number of aliphatic carboxylic acids is 1. The van der Waals surface area contributed by atoms with E-state index >= 15 is 0 Å². The number of carboxylic acid groups (broad SMARTS) is 1. The molecule has 12 radical (unpaired) electrons. The lowest BCUT2D eigenvalue weighted by atomic mass is 9.29. The highest BCUT2D eigenvalue weighted by atomic mass is 16.4. The number of carbonyl (C=O) groups is 1. The highest BCUT2D eigenvalue weighted by Gasteiger charge is 2.66. The second-order valence-corrected chi connectivity index (χ2v) is 13.7. The first kappa shape index (κ1) is 28.8. The second kappa shape index (κ2) is 9.46. The molecular weight excluding hydrogens is 441 g/mol. The first-order valence-electron chi connectivity index (χ1n) is 13.7. The van der Waals surface area contributed by atoms with Crippen LogP contribution in [0.4, 0.5) is 0 Å². The van der Waals surface area contributed by atoms with Crippen molar-refractivity contribution in [3.63, 3.8) is 0 Å². The van der Waals surface area contributed by atoms with Gasteiger partial charge in [0.15, 0.2) is 0 Å². The lowest BCUT2D eigenvalue weighted by Crippen LogP contribution is -2.63. The van der Waals surface area contributed by atoms with Crippen molar-refractivity contribution in [1.82, 2.24) is 0 Å². The molecule has 12 atom stereocenters. The van der Waals surface area contributed by atoms with Crippen molar-refractivity contribution in [1.29, 1.82) is 0 Å². The van der Waals surface area contributed by atoms with Gasteiger partial charge >= 0.3 is 0 Å². The SMILES string of the molecule is [B]C([C@H]1[C@@H](O)[C@@H]2[C@H](CC[C@]3(C)C([C@H](C)CC([B])([B])C(=O)O)CC[C@@H]23)[C@@]2(C)CC[C@@H](O)C[C@@H]12)C([B])([B])[B]. The van der Waals surface area contributed by atoms with Crippen LogP contribution in [0.2, 0.25) is 16.1 Å². The Morgan fingerprint density at radius 2 is 1.53 bits per heavy atom. The standard InChI is InChI=1S/C26H38B6O4/c1-12(11-25(28,29)22(35)36)14-4-5-15-18-16(7-9-23(14,15)2)24(3)8-6-13(33)10-17(24)19(20(18)34)21(27)26(30,31)32/h12-21,33-34H,4-11H2,1-3H3,(H,35,36)/t12-,13-,14?,15+,16+,17+,18+,19-,20+,21?,23-,24-/m1/s1. The minimum atomic E-state index is -1.76. The van der Waals surface area contributed by atoms with E-state index in [1.807, 2.05) is 0 Å². The van der Waals surface area contributed by atoms with Crippen LogP contribution in [0, 0.1) is 52.3 Å². The Hall–Kier alpha value is -0.220. The maximum absolute atomic E-state index is 12.0. The molecule has 0 aliphatic heterocycles. The first-order chi connectivity index (χ1) is 16.4. The zero-order valence-corrected chi connectivity index (χ0v) is 22.1. The van der Waals surface area contributed by atoms with Crippen molar-refractivity contribution in [3.05, 3.63) is 0 Å². The van der Waals surface area contributed by atoms with E-state index in [1.54, 1.807) is 0 Å². The zero-order valence-electron chi connectivity index (χ0n) is 22.1. The Morgan fingerprint density at radius 1 is 0.944 bits per heavy atom. The van der Waals surface area contributed by atoms with Crippen LogP contribution in [0.3, 0.4) is 0 Å². The van der Waals surface area contributed by atoms with E-state index in [0.29, 0.717) is 12.3 Å². The highest BCUT2D eigenvalue weighted by molar-refractivity contribution is 6.61. The molecule has 0 amide bonds. The molecule has 3 N–H and O–H groups in total. The number of rotatable bonds is 6. The average Bonchev–Trinajstić information content (AvgIpc) is 3.11. The molecule has 4 aliphatic rings. The monoisotopic (exact) mass is 480 g/mol. The molecular formula is C26H38B6O4. The third kappa shape index (κ3) is 4.50. The smallest absolute Gasteiger partial charge is 0.292 e. The number of fused-ring (bicyclic) bond motifs is 5. The van der Waals surface area contributed by atoms with Crippen LogP contribution < -0.4 is 0 Å². The molecule has 0 aromatic heterocycles. The van der Waals surface area contributed by atoms with Gasteiger partial charge in [0.25, 0.3) is 5.97 Å². The van der Waals surface area contributed by atoms with Crippen molar-refractivity contribution in [3.8, 4) is 0 Å². The van der Waals surface area contributed by atoms with Crippen molar-refractivity contribution in [2.75, 3.05) is 0 Å². The summed E-state index contributed by atoms with van der Waals surface area (Å²) in [4.78, 5) is 11.6. The second-order valence-electron chi connectivity index (χ2n) is 13.7. The summed E-state index contributed by atoms with van der Waals surface area (Å²) in [6, 6.07) is 0. The summed E-state index contributed by atoms with van der Waals surface area (Å²) in [5.74, 6) is -1.62. The Labute approximate surface area is 225 Å². The Kier molecular flexibility index (Phi) is 7.56. The number of hydrogen-bond acceptors (Lipinski definition) is 3. The van der Waals surface area contributed by atoms with Crippen LogP contribution in [0.5, 0.6) is 0 Å². The molecule has 2 unspecified atom stereocenters. The van der Waals surface area contributed by atoms with Gasteiger partial charge in [0.05, 0.1) is 59.3 Å². The van der Waals surface area contributed by atoms with Crippen molar-refractivity contribution < 1.29 is 20.1 Å². The summed E-state index contributed by atoms with van der Waals surface area (Å²) < 4.78 is 0. The summed E-state index contributed by atoms with van der Waals surface area (Å²) in [6.07, 6.45) is 5.07. The Morgan fingerprint density at radius 3 is 2.11 bits per heavy atom. The lowest BCUT2D eigenvalue weighted by Gasteiger charge is -2.66. The van der Waals surface area contributed by atoms with E-state index in [9.17, 15) is 20.1 Å². The fraction of sp³-hybridized carbons (Fsp3) is 0.962. The molecule has 184 valence electrons. The van der Waals surface area contributed by atoms with Gasteiger partial charge in [-0.05, 0) is 102 Å². The fourth-order valence-electron chi connectivity index (χ4n) is 9.87. The molecule has 36 heavy (non-hydrogen) atoms. The number of aliphatic hydroxyl groups is 2. The summed E-state index contributed by atoms with van der Waals surface area (Å²) in [5, 5.41) is 28.7. The minimum absolute atomic E-state index is 0.0100. The van der Waals surface area contributed by atoms with Gasteiger partial charge in [0, 0.05) is 0 Å². The zero-order chi connectivity index (χ0) is 27.0. The average molecular weight is 479 g/mol. The number of carboxylic acids is 1.